The molecule has 1 rings (SSSR count). The van der Waals surface area contributed by atoms with E-state index in [1.807, 2.05) is 17.1 Å². The zero-order valence-electron chi connectivity index (χ0n) is 10.9. The Hall–Kier alpha value is -0.870. The number of ether oxygens (including phenoxy) is 1. The maximum absolute atomic E-state index is 6.23. The second-order valence-electron chi connectivity index (χ2n) is 5.18. The largest absolute Gasteiger partial charge is 0.379 e. The van der Waals surface area contributed by atoms with Crippen molar-refractivity contribution in [3.8, 4) is 0 Å². The molecule has 0 aliphatic carbocycles. The van der Waals surface area contributed by atoms with E-state index in [-0.39, 0.29) is 17.6 Å². The Morgan fingerprint density at radius 1 is 1.50 bits per heavy atom. The lowest BCUT2D eigenvalue weighted by atomic mass is 9.83. The average molecular weight is 225 g/mol. The van der Waals surface area contributed by atoms with Gasteiger partial charge >= 0.3 is 0 Å². The minimum absolute atomic E-state index is 0.0120. The molecule has 1 aromatic rings. The summed E-state index contributed by atoms with van der Waals surface area (Å²) < 4.78 is 7.39. The monoisotopic (exact) mass is 225 g/mol. The Morgan fingerprint density at radius 2 is 2.12 bits per heavy atom. The van der Waals surface area contributed by atoms with E-state index < -0.39 is 0 Å². The fourth-order valence-electron chi connectivity index (χ4n) is 1.94. The molecule has 2 atom stereocenters. The lowest BCUT2D eigenvalue weighted by Crippen LogP contribution is -2.38. The van der Waals surface area contributed by atoms with Gasteiger partial charge in [0.1, 0.15) is 0 Å². The van der Waals surface area contributed by atoms with E-state index in [2.05, 4.69) is 32.8 Å². The van der Waals surface area contributed by atoms with E-state index in [1.54, 1.807) is 7.11 Å². The molecule has 2 N–H and O–H groups in total. The van der Waals surface area contributed by atoms with Crippen LogP contribution in [0.5, 0.6) is 0 Å². The van der Waals surface area contributed by atoms with E-state index in [4.69, 9.17) is 10.5 Å². The minimum Gasteiger partial charge on any atom is -0.379 e. The third kappa shape index (κ3) is 2.83. The van der Waals surface area contributed by atoms with Gasteiger partial charge in [-0.25, -0.2) is 0 Å². The van der Waals surface area contributed by atoms with Crippen LogP contribution in [0.3, 0.4) is 0 Å². The van der Waals surface area contributed by atoms with Gasteiger partial charge in [0.2, 0.25) is 0 Å². The summed E-state index contributed by atoms with van der Waals surface area (Å²) in [5, 5.41) is 4.24. The molecule has 0 amide bonds. The molecule has 4 nitrogen and oxygen atoms in total. The van der Waals surface area contributed by atoms with Crippen LogP contribution in [0.2, 0.25) is 0 Å². The molecule has 92 valence electrons. The Morgan fingerprint density at radius 3 is 2.50 bits per heavy atom. The summed E-state index contributed by atoms with van der Waals surface area (Å²) in [4.78, 5) is 0. The molecule has 0 aliphatic rings. The van der Waals surface area contributed by atoms with Gasteiger partial charge in [-0.3, -0.25) is 4.68 Å². The summed E-state index contributed by atoms with van der Waals surface area (Å²) in [5.74, 6) is 0. The van der Waals surface area contributed by atoms with Crippen LogP contribution in [0, 0.1) is 5.41 Å². The van der Waals surface area contributed by atoms with Gasteiger partial charge in [-0.2, -0.15) is 5.10 Å². The molecule has 4 heteroatoms. The minimum atomic E-state index is -0.134. The molecule has 0 saturated carbocycles. The van der Waals surface area contributed by atoms with E-state index in [0.717, 1.165) is 12.1 Å². The van der Waals surface area contributed by atoms with E-state index >= 15 is 0 Å². The topological polar surface area (TPSA) is 53.1 Å². The number of methoxy groups -OCH3 is 1. The van der Waals surface area contributed by atoms with Gasteiger partial charge < -0.3 is 10.5 Å². The van der Waals surface area contributed by atoms with Gasteiger partial charge in [0.25, 0.3) is 0 Å². The summed E-state index contributed by atoms with van der Waals surface area (Å²) in [5.41, 5.74) is 7.27. The van der Waals surface area contributed by atoms with Crippen LogP contribution in [-0.4, -0.2) is 23.0 Å². The first-order valence-electron chi connectivity index (χ1n) is 5.71. The molecular formula is C12H23N3O. The van der Waals surface area contributed by atoms with Crippen LogP contribution < -0.4 is 5.73 Å². The maximum Gasteiger partial charge on any atom is 0.0813 e. The number of hydrogen-bond acceptors (Lipinski definition) is 3. The smallest absolute Gasteiger partial charge is 0.0813 e. The third-order valence-electron chi connectivity index (χ3n) is 2.80. The van der Waals surface area contributed by atoms with Crippen LogP contribution in [0.1, 0.15) is 39.3 Å². The first kappa shape index (κ1) is 13.2. The summed E-state index contributed by atoms with van der Waals surface area (Å²) in [6.07, 6.45) is 3.80. The lowest BCUT2D eigenvalue weighted by molar-refractivity contribution is -0.00245. The molecule has 1 aromatic heterocycles. The second-order valence-corrected chi connectivity index (χ2v) is 5.18. The summed E-state index contributed by atoms with van der Waals surface area (Å²) >= 11 is 0. The fraction of sp³-hybridized carbons (Fsp3) is 0.750. The SMILES string of the molecule is CCn1cc(C(N)C(OC)C(C)(C)C)cn1. The normalized spacial score (nSPS) is 16.1. The standard InChI is InChI=1S/C12H23N3O/c1-6-15-8-9(7-14-15)10(13)11(16-5)12(2,3)4/h7-8,10-11H,6,13H2,1-5H3. The number of nitrogens with two attached hydrogens (primary N) is 1. The molecule has 1 heterocycles. The van der Waals surface area contributed by atoms with Crippen molar-refractivity contribution in [2.75, 3.05) is 7.11 Å². The quantitative estimate of drug-likeness (QED) is 0.852. The molecule has 0 aromatic carbocycles. The van der Waals surface area contributed by atoms with Crippen molar-refractivity contribution in [1.82, 2.24) is 9.78 Å². The number of rotatable bonds is 4. The fourth-order valence-corrected chi connectivity index (χ4v) is 1.94. The maximum atomic E-state index is 6.23. The van der Waals surface area contributed by atoms with Crippen molar-refractivity contribution in [2.45, 2.75) is 46.4 Å². The zero-order chi connectivity index (χ0) is 12.3. The van der Waals surface area contributed by atoms with Crippen molar-refractivity contribution in [3.05, 3.63) is 18.0 Å². The summed E-state index contributed by atoms with van der Waals surface area (Å²) in [7, 11) is 1.71. The van der Waals surface area contributed by atoms with E-state index in [1.165, 1.54) is 0 Å². The highest BCUT2D eigenvalue weighted by atomic mass is 16.5. The Kier molecular flexibility index (Phi) is 4.10. The Balaban J connectivity index is 2.86. The van der Waals surface area contributed by atoms with Crippen molar-refractivity contribution in [3.63, 3.8) is 0 Å². The Labute approximate surface area is 97.8 Å². The van der Waals surface area contributed by atoms with Crippen molar-refractivity contribution in [2.24, 2.45) is 11.1 Å². The molecule has 0 fully saturated rings. The van der Waals surface area contributed by atoms with Crippen molar-refractivity contribution >= 4 is 0 Å². The lowest BCUT2D eigenvalue weighted by Gasteiger charge is -2.33. The van der Waals surface area contributed by atoms with Gasteiger partial charge in [0.15, 0.2) is 0 Å². The highest BCUT2D eigenvalue weighted by molar-refractivity contribution is 5.13. The second kappa shape index (κ2) is 4.97. The van der Waals surface area contributed by atoms with Gasteiger partial charge in [-0.05, 0) is 12.3 Å². The molecule has 0 radical (unpaired) electrons. The molecule has 0 aliphatic heterocycles. The average Bonchev–Trinajstić information content (AvgIpc) is 2.64. The number of hydrogen-bond donors (Lipinski definition) is 1. The van der Waals surface area contributed by atoms with Crippen LogP contribution in [-0.2, 0) is 11.3 Å². The highest BCUT2D eigenvalue weighted by Gasteiger charge is 2.31. The first-order valence-corrected chi connectivity index (χ1v) is 5.71. The van der Waals surface area contributed by atoms with Crippen LogP contribution in [0.15, 0.2) is 12.4 Å². The van der Waals surface area contributed by atoms with Crippen molar-refractivity contribution in [1.29, 1.82) is 0 Å². The van der Waals surface area contributed by atoms with E-state index in [9.17, 15) is 0 Å². The summed E-state index contributed by atoms with van der Waals surface area (Å²) in [6.45, 7) is 9.31. The number of aryl methyl sites for hydroxylation is 1. The molecular weight excluding hydrogens is 202 g/mol. The highest BCUT2D eigenvalue weighted by Crippen LogP contribution is 2.30. The van der Waals surface area contributed by atoms with Crippen molar-refractivity contribution < 1.29 is 4.74 Å². The van der Waals surface area contributed by atoms with Crippen LogP contribution in [0.4, 0.5) is 0 Å². The van der Waals surface area contributed by atoms with Crippen LogP contribution >= 0.6 is 0 Å². The molecule has 0 bridgehead atoms. The van der Waals surface area contributed by atoms with Gasteiger partial charge in [-0.1, -0.05) is 20.8 Å². The predicted molar refractivity (Wildman–Crippen MR) is 65.1 cm³/mol. The van der Waals surface area contributed by atoms with Gasteiger partial charge in [-0.15, -0.1) is 0 Å². The molecule has 0 spiro atoms. The molecule has 0 saturated heterocycles. The van der Waals surface area contributed by atoms with Crippen LogP contribution in [0.25, 0.3) is 0 Å². The number of aromatic nitrogens is 2. The first-order chi connectivity index (χ1) is 7.40. The summed E-state index contributed by atoms with van der Waals surface area (Å²) in [6, 6.07) is -0.134. The Bertz CT molecular complexity index is 327. The number of nitrogens with zero attached hydrogens (tertiary/aromatic N) is 2. The molecule has 16 heavy (non-hydrogen) atoms. The zero-order valence-corrected chi connectivity index (χ0v) is 10.9. The molecule has 2 unspecified atom stereocenters. The van der Waals surface area contributed by atoms with Gasteiger partial charge in [0.05, 0.1) is 18.3 Å². The third-order valence-corrected chi connectivity index (χ3v) is 2.80. The van der Waals surface area contributed by atoms with E-state index in [0.29, 0.717) is 0 Å². The predicted octanol–water partition coefficient (Wildman–Crippen LogP) is 1.96. The van der Waals surface area contributed by atoms with Gasteiger partial charge in [0, 0.05) is 25.4 Å².